The van der Waals surface area contributed by atoms with E-state index in [4.69, 9.17) is 4.74 Å². The molecule has 7 heteroatoms. The zero-order valence-electron chi connectivity index (χ0n) is 18.0. The number of nitrogens with zero attached hydrogens (tertiary/aromatic N) is 1. The van der Waals surface area contributed by atoms with Gasteiger partial charge in [-0.05, 0) is 68.2 Å². The van der Waals surface area contributed by atoms with Gasteiger partial charge in [0.25, 0.3) is 5.91 Å². The maximum atomic E-state index is 13.3. The Morgan fingerprint density at radius 3 is 2.64 bits per heavy atom. The highest BCUT2D eigenvalue weighted by atomic mass is 19.4. The van der Waals surface area contributed by atoms with Crippen molar-refractivity contribution in [3.63, 3.8) is 0 Å². The van der Waals surface area contributed by atoms with Crippen molar-refractivity contribution in [2.24, 2.45) is 0 Å². The molecule has 4 rings (SSSR count). The lowest BCUT2D eigenvalue weighted by Gasteiger charge is -2.38. The minimum Gasteiger partial charge on any atom is -0.457 e. The Labute approximate surface area is 190 Å². The van der Waals surface area contributed by atoms with E-state index in [1.54, 1.807) is 18.2 Å². The third kappa shape index (κ3) is 5.02. The summed E-state index contributed by atoms with van der Waals surface area (Å²) >= 11 is 0. The van der Waals surface area contributed by atoms with Crippen LogP contribution in [-0.4, -0.2) is 29.2 Å². The fourth-order valence-electron chi connectivity index (χ4n) is 4.47. The van der Waals surface area contributed by atoms with E-state index in [1.165, 1.54) is 18.2 Å². The number of alkyl halides is 3. The number of rotatable bonds is 6. The van der Waals surface area contributed by atoms with Crippen molar-refractivity contribution in [3.8, 4) is 11.5 Å². The SMILES string of the molecule is C=CC(=O)CC1=CCCC(N2CCc3c(Oc4ccc(C(F)(F)F)cc4)cccc3C2=O)C1. The average Bonchev–Trinajstić information content (AvgIpc) is 2.79. The van der Waals surface area contributed by atoms with Crippen LogP contribution < -0.4 is 4.74 Å². The van der Waals surface area contributed by atoms with Crippen LogP contribution in [0.5, 0.6) is 11.5 Å². The van der Waals surface area contributed by atoms with Gasteiger partial charge < -0.3 is 9.64 Å². The van der Waals surface area contributed by atoms with E-state index in [0.717, 1.165) is 36.1 Å². The first-order valence-electron chi connectivity index (χ1n) is 10.9. The standard InChI is InChI=1S/C26H24F3NO3/c1-2-20(31)16-17-5-3-6-19(15-17)30-14-13-22-23(25(30)32)7-4-8-24(22)33-21-11-9-18(10-12-21)26(27,28)29/h2,4-5,7-12,19H,1,3,6,13-16H2. The van der Waals surface area contributed by atoms with Crippen molar-refractivity contribution in [3.05, 3.63) is 83.5 Å². The third-order valence-corrected chi connectivity index (χ3v) is 6.14. The number of halogens is 3. The highest BCUT2D eigenvalue weighted by molar-refractivity contribution is 5.97. The Balaban J connectivity index is 1.50. The number of amides is 1. The van der Waals surface area contributed by atoms with Gasteiger partial charge in [-0.15, -0.1) is 0 Å². The highest BCUT2D eigenvalue weighted by Crippen LogP contribution is 2.36. The van der Waals surface area contributed by atoms with E-state index in [1.807, 2.05) is 4.90 Å². The molecule has 0 aromatic heterocycles. The molecule has 0 spiro atoms. The highest BCUT2D eigenvalue weighted by Gasteiger charge is 2.33. The molecule has 0 N–H and O–H groups in total. The van der Waals surface area contributed by atoms with Crippen molar-refractivity contribution >= 4 is 11.7 Å². The first-order valence-corrected chi connectivity index (χ1v) is 10.9. The molecular weight excluding hydrogens is 431 g/mol. The van der Waals surface area contributed by atoms with Gasteiger partial charge in [0.05, 0.1) is 5.56 Å². The average molecular weight is 455 g/mol. The number of carbonyl (C=O) groups is 2. The van der Waals surface area contributed by atoms with Gasteiger partial charge in [-0.25, -0.2) is 0 Å². The first kappa shape index (κ1) is 22.8. The minimum atomic E-state index is -4.41. The van der Waals surface area contributed by atoms with Crippen LogP contribution in [0.15, 0.2) is 66.8 Å². The largest absolute Gasteiger partial charge is 0.457 e. The quantitative estimate of drug-likeness (QED) is 0.389. The molecule has 33 heavy (non-hydrogen) atoms. The number of hydrogen-bond acceptors (Lipinski definition) is 3. The summed E-state index contributed by atoms with van der Waals surface area (Å²) in [6.45, 7) is 4.04. The van der Waals surface area contributed by atoms with Crippen molar-refractivity contribution in [2.75, 3.05) is 6.54 Å². The van der Waals surface area contributed by atoms with Gasteiger partial charge in [-0.3, -0.25) is 9.59 Å². The Kier molecular flexibility index (Phi) is 6.40. The van der Waals surface area contributed by atoms with Crippen molar-refractivity contribution < 1.29 is 27.5 Å². The molecule has 2 aliphatic rings. The molecule has 0 radical (unpaired) electrons. The van der Waals surface area contributed by atoms with Crippen LogP contribution in [0.2, 0.25) is 0 Å². The molecule has 2 aromatic rings. The van der Waals surface area contributed by atoms with Gasteiger partial charge in [-0.2, -0.15) is 13.2 Å². The lowest BCUT2D eigenvalue weighted by Crippen LogP contribution is -2.45. The topological polar surface area (TPSA) is 46.6 Å². The molecule has 4 nitrogen and oxygen atoms in total. The van der Waals surface area contributed by atoms with Crippen LogP contribution in [0.25, 0.3) is 0 Å². The monoisotopic (exact) mass is 455 g/mol. The van der Waals surface area contributed by atoms with Crippen LogP contribution in [0.1, 0.15) is 47.2 Å². The van der Waals surface area contributed by atoms with Gasteiger partial charge >= 0.3 is 6.18 Å². The first-order chi connectivity index (χ1) is 15.8. The second-order valence-electron chi connectivity index (χ2n) is 8.30. The Bertz CT molecular complexity index is 1100. The number of hydrogen-bond donors (Lipinski definition) is 0. The predicted octanol–water partition coefficient (Wildman–Crippen LogP) is 6.12. The predicted molar refractivity (Wildman–Crippen MR) is 118 cm³/mol. The van der Waals surface area contributed by atoms with Gasteiger partial charge in [-0.1, -0.05) is 24.3 Å². The van der Waals surface area contributed by atoms with Crippen LogP contribution in [-0.2, 0) is 17.4 Å². The summed E-state index contributed by atoms with van der Waals surface area (Å²) in [6.07, 6.45) is 2.24. The second kappa shape index (κ2) is 9.25. The smallest absolute Gasteiger partial charge is 0.416 e. The summed E-state index contributed by atoms with van der Waals surface area (Å²) in [5, 5.41) is 0. The lowest BCUT2D eigenvalue weighted by atomic mass is 9.88. The maximum absolute atomic E-state index is 13.3. The number of benzene rings is 2. The van der Waals surface area contributed by atoms with E-state index in [2.05, 4.69) is 12.7 Å². The van der Waals surface area contributed by atoms with E-state index >= 15 is 0 Å². The molecular formula is C26H24F3NO3. The second-order valence-corrected chi connectivity index (χ2v) is 8.30. The van der Waals surface area contributed by atoms with E-state index in [9.17, 15) is 22.8 Å². The normalized spacial score (nSPS) is 18.4. The Morgan fingerprint density at radius 2 is 1.94 bits per heavy atom. The van der Waals surface area contributed by atoms with Crippen LogP contribution in [0, 0.1) is 0 Å². The molecule has 172 valence electrons. The molecule has 2 aromatic carbocycles. The molecule has 0 saturated heterocycles. The summed E-state index contributed by atoms with van der Waals surface area (Å²) in [4.78, 5) is 26.9. The molecule has 1 aliphatic carbocycles. The van der Waals surface area contributed by atoms with Gasteiger partial charge in [0, 0.05) is 30.1 Å². The molecule has 1 aliphatic heterocycles. The molecule has 1 heterocycles. The molecule has 0 bridgehead atoms. The summed E-state index contributed by atoms with van der Waals surface area (Å²) in [6, 6.07) is 9.73. The van der Waals surface area contributed by atoms with Crippen molar-refractivity contribution in [1.82, 2.24) is 4.90 Å². The number of fused-ring (bicyclic) bond motifs is 1. The summed E-state index contributed by atoms with van der Waals surface area (Å²) in [5.41, 5.74) is 1.59. The minimum absolute atomic E-state index is 0.0257. The van der Waals surface area contributed by atoms with Crippen molar-refractivity contribution in [1.29, 1.82) is 0 Å². The van der Waals surface area contributed by atoms with Gasteiger partial charge in [0.1, 0.15) is 11.5 Å². The third-order valence-electron chi connectivity index (χ3n) is 6.14. The van der Waals surface area contributed by atoms with Crippen LogP contribution in [0.3, 0.4) is 0 Å². The molecule has 1 amide bonds. The number of ether oxygens (including phenoxy) is 1. The molecule has 0 fully saturated rings. The molecule has 1 atom stereocenters. The van der Waals surface area contributed by atoms with Crippen molar-refractivity contribution in [2.45, 2.75) is 44.3 Å². The van der Waals surface area contributed by atoms with Crippen LogP contribution >= 0.6 is 0 Å². The number of carbonyl (C=O) groups excluding carboxylic acids is 2. The maximum Gasteiger partial charge on any atom is 0.416 e. The number of allylic oxidation sites excluding steroid dienone is 2. The molecule has 1 unspecified atom stereocenters. The summed E-state index contributed by atoms with van der Waals surface area (Å²) in [5.74, 6) is 0.638. The lowest BCUT2D eigenvalue weighted by molar-refractivity contribution is -0.137. The summed E-state index contributed by atoms with van der Waals surface area (Å²) < 4.78 is 44.3. The Morgan fingerprint density at radius 1 is 1.18 bits per heavy atom. The van der Waals surface area contributed by atoms with E-state index in [0.29, 0.717) is 37.1 Å². The fourth-order valence-corrected chi connectivity index (χ4v) is 4.47. The fraction of sp³-hybridized carbons (Fsp3) is 0.308. The van der Waals surface area contributed by atoms with Gasteiger partial charge in [0.2, 0.25) is 0 Å². The Hall–Kier alpha value is -3.35. The van der Waals surface area contributed by atoms with E-state index in [-0.39, 0.29) is 23.5 Å². The zero-order chi connectivity index (χ0) is 23.6. The van der Waals surface area contributed by atoms with Gasteiger partial charge in [0.15, 0.2) is 5.78 Å². The van der Waals surface area contributed by atoms with E-state index < -0.39 is 11.7 Å². The van der Waals surface area contributed by atoms with Crippen LogP contribution in [0.4, 0.5) is 13.2 Å². The summed E-state index contributed by atoms with van der Waals surface area (Å²) in [7, 11) is 0. The molecule has 0 saturated carbocycles. The number of ketones is 1. The zero-order valence-corrected chi connectivity index (χ0v) is 18.0.